The number of nitrogens with zero attached hydrogens (tertiary/aromatic N) is 2. The molecule has 0 saturated carbocycles. The van der Waals surface area contributed by atoms with Crippen molar-refractivity contribution >= 4 is 5.69 Å². The zero-order chi connectivity index (χ0) is 21.7. The van der Waals surface area contributed by atoms with Gasteiger partial charge in [-0.1, -0.05) is 36.4 Å². The molecule has 0 spiro atoms. The average Bonchev–Trinajstić information content (AvgIpc) is 3.19. The Labute approximate surface area is 172 Å². The van der Waals surface area contributed by atoms with Crippen LogP contribution in [0.3, 0.4) is 0 Å². The van der Waals surface area contributed by atoms with Crippen LogP contribution in [0, 0.1) is 11.3 Å². The molecule has 0 radical (unpaired) electrons. The molecule has 30 heavy (non-hydrogen) atoms. The van der Waals surface area contributed by atoms with Crippen molar-refractivity contribution in [3.63, 3.8) is 0 Å². The Balaban J connectivity index is 1.69. The maximum atomic E-state index is 12.4. The summed E-state index contributed by atoms with van der Waals surface area (Å²) in [5, 5.41) is 9.60. The maximum Gasteiger partial charge on any atom is 0.430 e. The lowest BCUT2D eigenvalue weighted by atomic mass is 10.0. The van der Waals surface area contributed by atoms with Crippen LogP contribution in [0.4, 0.5) is 18.9 Å². The molecule has 1 aliphatic heterocycles. The molecule has 1 atom stereocenters. The maximum absolute atomic E-state index is 12.4. The Hall–Kier alpha value is -3.60. The van der Waals surface area contributed by atoms with Crippen molar-refractivity contribution in [1.29, 1.82) is 5.26 Å². The fraction of sp³-hybridized carbons (Fsp3) is 0.227. The Morgan fingerprint density at radius 2 is 1.83 bits per heavy atom. The Bertz CT molecular complexity index is 994. The van der Waals surface area contributed by atoms with Crippen molar-refractivity contribution in [2.24, 2.45) is 11.5 Å². The van der Waals surface area contributed by atoms with E-state index in [9.17, 15) is 18.4 Å². The van der Waals surface area contributed by atoms with Gasteiger partial charge in [-0.3, -0.25) is 0 Å². The smallest absolute Gasteiger partial charge is 0.430 e. The van der Waals surface area contributed by atoms with Gasteiger partial charge in [-0.2, -0.15) is 18.4 Å². The molecule has 1 fully saturated rings. The number of allylic oxidation sites excluding steroid dienone is 3. The Morgan fingerprint density at radius 3 is 2.50 bits per heavy atom. The number of nitrogens with two attached hydrogens (primary N) is 2. The number of nitriles is 1. The van der Waals surface area contributed by atoms with Gasteiger partial charge >= 0.3 is 6.18 Å². The summed E-state index contributed by atoms with van der Waals surface area (Å²) in [4.78, 5) is 2.01. The number of halogens is 3. The van der Waals surface area contributed by atoms with E-state index in [0.29, 0.717) is 31.1 Å². The molecule has 0 bridgehead atoms. The summed E-state index contributed by atoms with van der Waals surface area (Å²) in [5.74, 6) is -0.144. The minimum atomic E-state index is -4.61. The highest BCUT2D eigenvalue weighted by Crippen LogP contribution is 2.30. The number of hydrogen-bond acceptors (Lipinski definition) is 5. The summed E-state index contributed by atoms with van der Waals surface area (Å²) >= 11 is 0. The van der Waals surface area contributed by atoms with E-state index in [-0.39, 0.29) is 12.0 Å². The van der Waals surface area contributed by atoms with Gasteiger partial charge in [0.2, 0.25) is 0 Å². The van der Waals surface area contributed by atoms with Crippen LogP contribution < -0.4 is 16.4 Å². The van der Waals surface area contributed by atoms with Crippen LogP contribution in [0.25, 0.3) is 11.1 Å². The number of ether oxygens (including phenoxy) is 1. The summed E-state index contributed by atoms with van der Waals surface area (Å²) < 4.78 is 42.8. The van der Waals surface area contributed by atoms with Crippen LogP contribution in [-0.2, 0) is 4.74 Å². The minimum absolute atomic E-state index is 0.144. The number of hydrogen-bond donors (Lipinski definition) is 2. The van der Waals surface area contributed by atoms with Gasteiger partial charge in [-0.25, -0.2) is 0 Å². The van der Waals surface area contributed by atoms with Crippen molar-refractivity contribution < 1.29 is 17.9 Å². The first-order valence-corrected chi connectivity index (χ1v) is 9.29. The standard InChI is InChI=1S/C22H21F3N4O/c23-22(24,25)20(27)8-9-21(28)30-18-10-11-29(14-18)19-7-6-16(12-17(19)13-26)15-4-2-1-3-5-15/h1-9,12,18H,10-11,14,27-28H2/b20-8-,21-9+. The molecule has 0 amide bonds. The molecule has 4 N–H and O–H groups in total. The summed E-state index contributed by atoms with van der Waals surface area (Å²) in [6, 6.07) is 17.7. The predicted molar refractivity (Wildman–Crippen MR) is 109 cm³/mol. The van der Waals surface area contributed by atoms with Crippen LogP contribution in [0.15, 0.2) is 72.3 Å². The zero-order valence-corrected chi connectivity index (χ0v) is 16.1. The fourth-order valence-corrected chi connectivity index (χ4v) is 3.25. The summed E-state index contributed by atoms with van der Waals surface area (Å²) in [5.41, 5.74) is 12.6. The highest BCUT2D eigenvalue weighted by atomic mass is 19.4. The van der Waals surface area contributed by atoms with Gasteiger partial charge in [0.25, 0.3) is 0 Å². The molecule has 3 rings (SSSR count). The predicted octanol–water partition coefficient (Wildman–Crippen LogP) is 4.03. The Kier molecular flexibility index (Phi) is 6.21. The topological polar surface area (TPSA) is 88.3 Å². The second-order valence-electron chi connectivity index (χ2n) is 6.87. The molecule has 0 aromatic heterocycles. The van der Waals surface area contributed by atoms with Crippen molar-refractivity contribution in [2.75, 3.05) is 18.0 Å². The van der Waals surface area contributed by atoms with Gasteiger partial charge in [0.15, 0.2) is 5.88 Å². The molecule has 8 heteroatoms. The van der Waals surface area contributed by atoms with Gasteiger partial charge in [0.05, 0.1) is 17.8 Å². The van der Waals surface area contributed by atoms with E-state index in [1.54, 1.807) is 0 Å². The van der Waals surface area contributed by atoms with E-state index < -0.39 is 11.9 Å². The zero-order valence-electron chi connectivity index (χ0n) is 16.1. The number of benzene rings is 2. The number of alkyl halides is 3. The number of anilines is 1. The third-order valence-corrected chi connectivity index (χ3v) is 4.77. The van der Waals surface area contributed by atoms with Gasteiger partial charge < -0.3 is 21.1 Å². The van der Waals surface area contributed by atoms with Crippen LogP contribution in [0.5, 0.6) is 0 Å². The molecule has 2 aromatic carbocycles. The molecular weight excluding hydrogens is 393 g/mol. The van der Waals surface area contributed by atoms with Crippen LogP contribution in [0.1, 0.15) is 12.0 Å². The molecule has 0 aliphatic carbocycles. The molecule has 1 aliphatic rings. The largest absolute Gasteiger partial charge is 0.474 e. The quantitative estimate of drug-likeness (QED) is 0.570. The first-order valence-electron chi connectivity index (χ1n) is 9.29. The highest BCUT2D eigenvalue weighted by Gasteiger charge is 2.31. The molecule has 1 unspecified atom stereocenters. The van der Waals surface area contributed by atoms with Gasteiger partial charge in [-0.05, 0) is 35.4 Å². The van der Waals surface area contributed by atoms with Crippen molar-refractivity contribution in [2.45, 2.75) is 18.7 Å². The molecule has 156 valence electrons. The van der Waals surface area contributed by atoms with Crippen LogP contribution in [-0.4, -0.2) is 25.4 Å². The van der Waals surface area contributed by atoms with Crippen LogP contribution >= 0.6 is 0 Å². The van der Waals surface area contributed by atoms with Gasteiger partial charge in [-0.15, -0.1) is 0 Å². The lowest BCUT2D eigenvalue weighted by Crippen LogP contribution is -2.24. The van der Waals surface area contributed by atoms with Crippen LogP contribution in [0.2, 0.25) is 0 Å². The second kappa shape index (κ2) is 8.82. The van der Waals surface area contributed by atoms with Gasteiger partial charge in [0, 0.05) is 13.0 Å². The van der Waals surface area contributed by atoms with Crippen molar-refractivity contribution in [1.82, 2.24) is 0 Å². The third-order valence-electron chi connectivity index (χ3n) is 4.77. The van der Waals surface area contributed by atoms with E-state index in [2.05, 4.69) is 6.07 Å². The lowest BCUT2D eigenvalue weighted by molar-refractivity contribution is -0.0926. The second-order valence-corrected chi connectivity index (χ2v) is 6.87. The van der Waals surface area contributed by atoms with Crippen molar-refractivity contribution in [3.8, 4) is 17.2 Å². The van der Waals surface area contributed by atoms with E-state index in [1.807, 2.05) is 53.4 Å². The molecule has 2 aromatic rings. The molecule has 5 nitrogen and oxygen atoms in total. The Morgan fingerprint density at radius 1 is 1.10 bits per heavy atom. The monoisotopic (exact) mass is 414 g/mol. The molecule has 1 heterocycles. The summed E-state index contributed by atoms with van der Waals surface area (Å²) in [6.07, 6.45) is -2.61. The van der Waals surface area contributed by atoms with E-state index in [0.717, 1.165) is 22.9 Å². The molecular formula is C22H21F3N4O. The normalized spacial score (nSPS) is 17.7. The first-order chi connectivity index (χ1) is 14.3. The summed E-state index contributed by atoms with van der Waals surface area (Å²) in [7, 11) is 0. The molecule has 1 saturated heterocycles. The average molecular weight is 414 g/mol. The lowest BCUT2D eigenvalue weighted by Gasteiger charge is -2.21. The minimum Gasteiger partial charge on any atom is -0.474 e. The number of rotatable bonds is 5. The van der Waals surface area contributed by atoms with E-state index in [4.69, 9.17) is 16.2 Å². The van der Waals surface area contributed by atoms with Gasteiger partial charge in [0.1, 0.15) is 17.9 Å². The van der Waals surface area contributed by atoms with E-state index >= 15 is 0 Å². The highest BCUT2D eigenvalue weighted by molar-refractivity contribution is 5.71. The third kappa shape index (κ3) is 5.06. The fourth-order valence-electron chi connectivity index (χ4n) is 3.25. The van der Waals surface area contributed by atoms with E-state index in [1.165, 1.54) is 0 Å². The SMILES string of the molecule is N#Cc1cc(-c2ccccc2)ccc1N1CCC(O/C(N)=C/C=C(\N)C(F)(F)F)C1. The van der Waals surface area contributed by atoms with Crippen molar-refractivity contribution in [3.05, 3.63) is 77.8 Å². The first kappa shape index (κ1) is 21.1. The summed E-state index contributed by atoms with van der Waals surface area (Å²) in [6.45, 7) is 1.10.